The Morgan fingerprint density at radius 3 is 2.94 bits per heavy atom. The van der Waals surface area contributed by atoms with Crippen molar-refractivity contribution in [2.45, 2.75) is 13.0 Å². The molecule has 6 heteroatoms. The minimum atomic E-state index is 0.661. The van der Waals surface area contributed by atoms with E-state index < -0.39 is 0 Å². The molecular weight excluding hydrogens is 208 g/mol. The van der Waals surface area contributed by atoms with Crippen LogP contribution in [0.1, 0.15) is 12.1 Å². The molecule has 0 aliphatic carbocycles. The third-order valence-corrected chi connectivity index (χ3v) is 2.19. The van der Waals surface area contributed by atoms with Gasteiger partial charge >= 0.3 is 0 Å². The topological polar surface area (TPSA) is 61.2 Å². The van der Waals surface area contributed by atoms with Crippen LogP contribution in [0.2, 0.25) is 0 Å². The van der Waals surface area contributed by atoms with E-state index in [0.717, 1.165) is 31.8 Å². The molecular formula is C10H20N4O2. The molecule has 0 amide bonds. The highest BCUT2D eigenvalue weighted by atomic mass is 16.5. The van der Waals surface area contributed by atoms with Crippen molar-refractivity contribution in [3.63, 3.8) is 0 Å². The van der Waals surface area contributed by atoms with E-state index in [0.29, 0.717) is 13.2 Å². The van der Waals surface area contributed by atoms with Crippen molar-refractivity contribution in [3.8, 4) is 0 Å². The smallest absolute Gasteiger partial charge is 0.0738 e. The molecule has 0 aromatic carbocycles. The van der Waals surface area contributed by atoms with Crippen LogP contribution in [0, 0.1) is 0 Å². The highest BCUT2D eigenvalue weighted by Gasteiger charge is 1.97. The van der Waals surface area contributed by atoms with Gasteiger partial charge in [-0.1, -0.05) is 5.21 Å². The van der Waals surface area contributed by atoms with Gasteiger partial charge in [-0.2, -0.15) is 0 Å². The van der Waals surface area contributed by atoms with Crippen molar-refractivity contribution < 1.29 is 9.47 Å². The van der Waals surface area contributed by atoms with Crippen molar-refractivity contribution in [1.82, 2.24) is 20.3 Å². The molecule has 0 aliphatic heterocycles. The molecule has 92 valence electrons. The van der Waals surface area contributed by atoms with Gasteiger partial charge in [0, 0.05) is 27.3 Å². The minimum absolute atomic E-state index is 0.661. The van der Waals surface area contributed by atoms with Gasteiger partial charge in [-0.15, -0.1) is 5.10 Å². The summed E-state index contributed by atoms with van der Waals surface area (Å²) in [5, 5.41) is 11.0. The zero-order chi connectivity index (χ0) is 11.6. The van der Waals surface area contributed by atoms with E-state index in [4.69, 9.17) is 9.47 Å². The molecule has 0 fully saturated rings. The normalized spacial score (nSPS) is 10.9. The summed E-state index contributed by atoms with van der Waals surface area (Å²) in [6.45, 7) is 3.82. The van der Waals surface area contributed by atoms with E-state index in [9.17, 15) is 0 Å². The second-order valence-electron chi connectivity index (χ2n) is 3.48. The number of methoxy groups -OCH3 is 1. The number of nitrogens with zero attached hydrogens (tertiary/aromatic N) is 3. The maximum Gasteiger partial charge on any atom is 0.0738 e. The molecule has 1 N–H and O–H groups in total. The first kappa shape index (κ1) is 13.1. The molecule has 1 heterocycles. The lowest BCUT2D eigenvalue weighted by atomic mass is 10.4. The summed E-state index contributed by atoms with van der Waals surface area (Å²) in [5.74, 6) is 0. The summed E-state index contributed by atoms with van der Waals surface area (Å²) in [6.07, 6.45) is 2.76. The Labute approximate surface area is 95.9 Å². The van der Waals surface area contributed by atoms with E-state index in [-0.39, 0.29) is 0 Å². The second-order valence-corrected chi connectivity index (χ2v) is 3.48. The molecule has 1 aromatic rings. The molecule has 0 aliphatic rings. The van der Waals surface area contributed by atoms with Crippen LogP contribution in [0.15, 0.2) is 6.20 Å². The summed E-state index contributed by atoms with van der Waals surface area (Å²) in [5.41, 5.74) is 1.08. The molecule has 1 rings (SSSR count). The monoisotopic (exact) mass is 228 g/mol. The van der Waals surface area contributed by atoms with Gasteiger partial charge < -0.3 is 14.8 Å². The minimum Gasteiger partial charge on any atom is -0.382 e. The Hall–Kier alpha value is -0.980. The van der Waals surface area contributed by atoms with Crippen LogP contribution >= 0.6 is 0 Å². The zero-order valence-electron chi connectivity index (χ0n) is 9.98. The summed E-state index contributed by atoms with van der Waals surface area (Å²) in [7, 11) is 3.56. The van der Waals surface area contributed by atoms with E-state index in [1.807, 2.05) is 7.05 Å². The molecule has 0 saturated carbocycles. The van der Waals surface area contributed by atoms with Gasteiger partial charge in [-0.25, -0.2) is 0 Å². The van der Waals surface area contributed by atoms with Crippen LogP contribution in [-0.2, 0) is 23.1 Å². The molecule has 0 unspecified atom stereocenters. The second kappa shape index (κ2) is 8.20. The van der Waals surface area contributed by atoms with Crippen LogP contribution in [0.5, 0.6) is 0 Å². The fraction of sp³-hybridized carbons (Fsp3) is 0.800. The molecule has 0 spiro atoms. The third-order valence-electron chi connectivity index (χ3n) is 2.19. The first-order valence-corrected chi connectivity index (χ1v) is 5.45. The van der Waals surface area contributed by atoms with Gasteiger partial charge in [-0.3, -0.25) is 4.68 Å². The predicted octanol–water partition coefficient (Wildman–Crippen LogP) is -0.0422. The Kier molecular flexibility index (Phi) is 6.71. The lowest BCUT2D eigenvalue weighted by Crippen LogP contribution is -2.18. The number of nitrogens with one attached hydrogen (secondary N) is 1. The van der Waals surface area contributed by atoms with Crippen LogP contribution in [0.25, 0.3) is 0 Å². The lowest BCUT2D eigenvalue weighted by Gasteiger charge is -2.05. The molecule has 6 nitrogen and oxygen atoms in total. The highest BCUT2D eigenvalue weighted by molar-refractivity contribution is 4.91. The Morgan fingerprint density at radius 2 is 2.25 bits per heavy atom. The van der Waals surface area contributed by atoms with E-state index in [1.54, 1.807) is 18.0 Å². The van der Waals surface area contributed by atoms with E-state index in [1.165, 1.54) is 0 Å². The van der Waals surface area contributed by atoms with E-state index in [2.05, 4.69) is 15.6 Å². The average Bonchev–Trinajstić information content (AvgIpc) is 2.68. The summed E-state index contributed by atoms with van der Waals surface area (Å²) < 4.78 is 12.0. The number of hydrogen-bond acceptors (Lipinski definition) is 5. The van der Waals surface area contributed by atoms with Crippen LogP contribution < -0.4 is 5.32 Å². The number of aromatic nitrogens is 3. The van der Waals surface area contributed by atoms with Crippen LogP contribution in [0.4, 0.5) is 0 Å². The SMILES string of the molecule is COCCOCCCNCc1cnnn1C. The molecule has 16 heavy (non-hydrogen) atoms. The number of hydrogen-bond donors (Lipinski definition) is 1. The van der Waals surface area contributed by atoms with Crippen molar-refractivity contribution in [3.05, 3.63) is 11.9 Å². The maximum absolute atomic E-state index is 5.34. The fourth-order valence-electron chi connectivity index (χ4n) is 1.23. The number of rotatable bonds is 9. The van der Waals surface area contributed by atoms with Crippen molar-refractivity contribution in [1.29, 1.82) is 0 Å². The first-order valence-electron chi connectivity index (χ1n) is 5.45. The quantitative estimate of drug-likeness (QED) is 0.601. The Balaban J connectivity index is 1.91. The molecule has 1 aromatic heterocycles. The summed E-state index contributed by atoms with van der Waals surface area (Å²) in [4.78, 5) is 0. The van der Waals surface area contributed by atoms with Crippen molar-refractivity contribution >= 4 is 0 Å². The Bertz CT molecular complexity index is 278. The Morgan fingerprint density at radius 1 is 1.38 bits per heavy atom. The highest BCUT2D eigenvalue weighted by Crippen LogP contribution is 1.92. The first-order chi connectivity index (χ1) is 7.84. The third kappa shape index (κ3) is 5.20. The molecule has 0 bridgehead atoms. The maximum atomic E-state index is 5.34. The molecule has 0 saturated heterocycles. The zero-order valence-corrected chi connectivity index (χ0v) is 9.98. The van der Waals surface area contributed by atoms with Gasteiger partial charge in [0.15, 0.2) is 0 Å². The van der Waals surface area contributed by atoms with Crippen molar-refractivity contribution in [2.75, 3.05) is 33.5 Å². The number of aryl methyl sites for hydroxylation is 1. The molecule has 0 atom stereocenters. The largest absolute Gasteiger partial charge is 0.382 e. The summed E-state index contributed by atoms with van der Waals surface area (Å²) >= 11 is 0. The van der Waals surface area contributed by atoms with Crippen LogP contribution in [-0.4, -0.2) is 48.5 Å². The van der Waals surface area contributed by atoms with E-state index >= 15 is 0 Å². The van der Waals surface area contributed by atoms with Gasteiger partial charge in [0.05, 0.1) is 25.1 Å². The number of ether oxygens (including phenoxy) is 2. The van der Waals surface area contributed by atoms with Crippen molar-refractivity contribution in [2.24, 2.45) is 7.05 Å². The van der Waals surface area contributed by atoms with Gasteiger partial charge in [0.2, 0.25) is 0 Å². The summed E-state index contributed by atoms with van der Waals surface area (Å²) in [6, 6.07) is 0. The lowest BCUT2D eigenvalue weighted by molar-refractivity contribution is 0.0694. The van der Waals surface area contributed by atoms with Crippen LogP contribution in [0.3, 0.4) is 0 Å². The predicted molar refractivity (Wildman–Crippen MR) is 60.0 cm³/mol. The standard InChI is InChI=1S/C10H20N4O2/c1-14-10(9-12-13-14)8-11-4-3-5-16-7-6-15-2/h9,11H,3-8H2,1-2H3. The fourth-order valence-corrected chi connectivity index (χ4v) is 1.23. The van der Waals surface area contributed by atoms with Gasteiger partial charge in [0.25, 0.3) is 0 Å². The molecule has 0 radical (unpaired) electrons. The van der Waals surface area contributed by atoms with Gasteiger partial charge in [-0.05, 0) is 13.0 Å². The van der Waals surface area contributed by atoms with Gasteiger partial charge in [0.1, 0.15) is 0 Å². The average molecular weight is 228 g/mol.